The number of carbonyl (C=O) groups excluding carboxylic acids is 1. The van der Waals surface area contributed by atoms with Gasteiger partial charge in [0.25, 0.3) is 5.91 Å². The molecular weight excluding hydrogens is 300 g/mol. The molecule has 1 aromatic carbocycles. The van der Waals surface area contributed by atoms with E-state index in [1.165, 1.54) is 12.1 Å². The minimum atomic E-state index is -0.560. The minimum Gasteiger partial charge on any atom is -0.337 e. The molecule has 0 saturated carbocycles. The third kappa shape index (κ3) is 3.41. The summed E-state index contributed by atoms with van der Waals surface area (Å²) in [4.78, 5) is 14.2. The molecule has 0 radical (unpaired) electrons. The Morgan fingerprint density at radius 3 is 2.57 bits per heavy atom. The maximum atomic E-state index is 13.3. The number of aryl methyl sites for hydroxylation is 2. The average Bonchev–Trinajstić information content (AvgIpc) is 3.05. The zero-order chi connectivity index (χ0) is 16.6. The summed E-state index contributed by atoms with van der Waals surface area (Å²) in [6, 6.07) is 5.36. The van der Waals surface area contributed by atoms with Crippen molar-refractivity contribution in [3.05, 3.63) is 52.9 Å². The quantitative estimate of drug-likeness (QED) is 0.872. The molecule has 1 aromatic heterocycles. The lowest BCUT2D eigenvalue weighted by atomic mass is 9.98. The third-order valence-electron chi connectivity index (χ3n) is 4.35. The zero-order valence-corrected chi connectivity index (χ0v) is 13.2. The largest absolute Gasteiger partial charge is 0.337 e. The van der Waals surface area contributed by atoms with Crippen LogP contribution in [0.2, 0.25) is 0 Å². The molecule has 3 rings (SSSR count). The van der Waals surface area contributed by atoms with E-state index in [9.17, 15) is 13.6 Å². The van der Waals surface area contributed by atoms with Crippen molar-refractivity contribution in [3.63, 3.8) is 0 Å². The van der Waals surface area contributed by atoms with Crippen LogP contribution in [0.15, 0.2) is 24.3 Å². The Morgan fingerprint density at radius 2 is 1.96 bits per heavy atom. The van der Waals surface area contributed by atoms with Crippen LogP contribution in [0, 0.1) is 24.5 Å². The van der Waals surface area contributed by atoms with Crippen molar-refractivity contribution >= 4 is 5.91 Å². The van der Waals surface area contributed by atoms with Gasteiger partial charge < -0.3 is 4.90 Å². The summed E-state index contributed by atoms with van der Waals surface area (Å²) in [6.07, 6.45) is 1.40. The van der Waals surface area contributed by atoms with Crippen molar-refractivity contribution in [3.8, 4) is 0 Å². The number of aromatic nitrogens is 2. The Labute approximate surface area is 133 Å². The molecule has 0 N–H and O–H groups in total. The molecule has 2 aromatic rings. The molecule has 122 valence electrons. The molecule has 0 aliphatic carbocycles. The van der Waals surface area contributed by atoms with Gasteiger partial charge in [-0.25, -0.2) is 8.78 Å². The molecule has 0 spiro atoms. The lowest BCUT2D eigenvalue weighted by Crippen LogP contribution is -2.29. The predicted octanol–water partition coefficient (Wildman–Crippen LogP) is 2.71. The molecule has 23 heavy (non-hydrogen) atoms. The van der Waals surface area contributed by atoms with Crippen LogP contribution in [0.5, 0.6) is 0 Å². The molecule has 2 heterocycles. The lowest BCUT2D eigenvalue weighted by Gasteiger charge is -2.15. The van der Waals surface area contributed by atoms with Gasteiger partial charge in [-0.05, 0) is 49.4 Å². The van der Waals surface area contributed by atoms with Gasteiger partial charge >= 0.3 is 0 Å². The number of halogens is 2. The van der Waals surface area contributed by atoms with Gasteiger partial charge in [-0.1, -0.05) is 0 Å². The Hall–Kier alpha value is -2.24. The number of amides is 1. The van der Waals surface area contributed by atoms with Crippen molar-refractivity contribution < 1.29 is 13.6 Å². The van der Waals surface area contributed by atoms with E-state index in [1.54, 1.807) is 22.7 Å². The smallest absolute Gasteiger partial charge is 0.274 e. The number of rotatable bonds is 3. The first-order valence-electron chi connectivity index (χ1n) is 7.67. The molecule has 0 bridgehead atoms. The maximum Gasteiger partial charge on any atom is 0.274 e. The van der Waals surface area contributed by atoms with Crippen LogP contribution in [0.3, 0.4) is 0 Å². The monoisotopic (exact) mass is 319 g/mol. The second kappa shape index (κ2) is 6.10. The topological polar surface area (TPSA) is 38.1 Å². The molecule has 1 atom stereocenters. The highest BCUT2D eigenvalue weighted by molar-refractivity contribution is 5.92. The van der Waals surface area contributed by atoms with Crippen molar-refractivity contribution in [2.45, 2.75) is 19.8 Å². The highest BCUT2D eigenvalue weighted by Gasteiger charge is 2.28. The molecule has 6 heteroatoms. The third-order valence-corrected chi connectivity index (χ3v) is 4.35. The molecule has 1 aliphatic rings. The average molecular weight is 319 g/mol. The Balaban J connectivity index is 1.65. The molecule has 1 saturated heterocycles. The van der Waals surface area contributed by atoms with Crippen molar-refractivity contribution in [2.24, 2.45) is 13.0 Å². The van der Waals surface area contributed by atoms with Crippen LogP contribution in [0.25, 0.3) is 0 Å². The van der Waals surface area contributed by atoms with Crippen molar-refractivity contribution in [1.82, 2.24) is 14.7 Å². The summed E-state index contributed by atoms with van der Waals surface area (Å²) in [6.45, 7) is 3.14. The van der Waals surface area contributed by atoms with Gasteiger partial charge in [0, 0.05) is 31.9 Å². The van der Waals surface area contributed by atoms with E-state index in [2.05, 4.69) is 5.10 Å². The summed E-state index contributed by atoms with van der Waals surface area (Å²) in [5, 5.41) is 4.21. The van der Waals surface area contributed by atoms with Crippen LogP contribution >= 0.6 is 0 Å². The molecule has 1 unspecified atom stereocenters. The van der Waals surface area contributed by atoms with Gasteiger partial charge in [0.1, 0.15) is 11.6 Å². The highest BCUT2D eigenvalue weighted by atomic mass is 19.1. The Kier molecular flexibility index (Phi) is 4.15. The summed E-state index contributed by atoms with van der Waals surface area (Å²) < 4.78 is 28.2. The molecule has 4 nitrogen and oxygen atoms in total. The number of nitrogens with zero attached hydrogens (tertiary/aromatic N) is 3. The second-order valence-corrected chi connectivity index (χ2v) is 6.18. The SMILES string of the molecule is Cc1cc(C(=O)N2CCC(Cc3cc(F)cc(F)c3)C2)nn1C. The van der Waals surface area contributed by atoms with Gasteiger partial charge in [-0.3, -0.25) is 9.48 Å². The van der Waals surface area contributed by atoms with Gasteiger partial charge in [0.15, 0.2) is 5.69 Å². The van der Waals surface area contributed by atoms with Crippen LogP contribution in [0.1, 0.15) is 28.2 Å². The summed E-state index contributed by atoms with van der Waals surface area (Å²) in [5.41, 5.74) is 2.01. The normalized spacial score (nSPS) is 17.7. The second-order valence-electron chi connectivity index (χ2n) is 6.18. The lowest BCUT2D eigenvalue weighted by molar-refractivity contribution is 0.0780. The van der Waals surface area contributed by atoms with Gasteiger partial charge in [0.05, 0.1) is 0 Å². The number of carbonyl (C=O) groups is 1. The highest BCUT2D eigenvalue weighted by Crippen LogP contribution is 2.23. The molecule has 1 fully saturated rings. The van der Waals surface area contributed by atoms with Gasteiger partial charge in [-0.2, -0.15) is 5.10 Å². The summed E-state index contributed by atoms with van der Waals surface area (Å²) >= 11 is 0. The number of hydrogen-bond donors (Lipinski definition) is 0. The fourth-order valence-electron chi connectivity index (χ4n) is 3.07. The number of likely N-dealkylation sites (tertiary alicyclic amines) is 1. The van der Waals surface area contributed by atoms with E-state index in [-0.39, 0.29) is 11.8 Å². The zero-order valence-electron chi connectivity index (χ0n) is 13.2. The van der Waals surface area contributed by atoms with Crippen LogP contribution in [0.4, 0.5) is 8.78 Å². The van der Waals surface area contributed by atoms with Crippen molar-refractivity contribution in [1.29, 1.82) is 0 Å². The fourth-order valence-corrected chi connectivity index (χ4v) is 3.07. The first kappa shape index (κ1) is 15.6. The van der Waals surface area contributed by atoms with E-state index < -0.39 is 11.6 Å². The number of hydrogen-bond acceptors (Lipinski definition) is 2. The van der Waals surface area contributed by atoms with E-state index in [4.69, 9.17) is 0 Å². The Morgan fingerprint density at radius 1 is 1.26 bits per heavy atom. The summed E-state index contributed by atoms with van der Waals surface area (Å²) in [7, 11) is 1.80. The maximum absolute atomic E-state index is 13.3. The van der Waals surface area contributed by atoms with E-state index >= 15 is 0 Å². The summed E-state index contributed by atoms with van der Waals surface area (Å²) in [5.74, 6) is -0.989. The van der Waals surface area contributed by atoms with E-state index in [0.717, 1.165) is 18.2 Å². The van der Waals surface area contributed by atoms with Crippen LogP contribution in [-0.4, -0.2) is 33.7 Å². The van der Waals surface area contributed by atoms with E-state index in [1.807, 2.05) is 6.92 Å². The predicted molar refractivity (Wildman–Crippen MR) is 82.0 cm³/mol. The molecular formula is C17H19F2N3O. The number of benzene rings is 1. The van der Waals surface area contributed by atoms with Gasteiger partial charge in [-0.15, -0.1) is 0 Å². The fraction of sp³-hybridized carbons (Fsp3) is 0.412. The Bertz CT molecular complexity index is 702. The first-order chi connectivity index (χ1) is 10.9. The van der Waals surface area contributed by atoms with Crippen LogP contribution in [-0.2, 0) is 13.5 Å². The standard InChI is InChI=1S/C17H19F2N3O/c1-11-5-16(20-21(11)2)17(23)22-4-3-12(10-22)6-13-7-14(18)9-15(19)8-13/h5,7-9,12H,3-4,6,10H2,1-2H3. The first-order valence-corrected chi connectivity index (χ1v) is 7.67. The molecule has 1 amide bonds. The van der Waals surface area contributed by atoms with Gasteiger partial charge in [0.2, 0.25) is 0 Å². The minimum absolute atomic E-state index is 0.0818. The van der Waals surface area contributed by atoms with E-state index in [0.29, 0.717) is 30.8 Å². The molecule has 1 aliphatic heterocycles. The van der Waals surface area contributed by atoms with Crippen LogP contribution < -0.4 is 0 Å². The van der Waals surface area contributed by atoms with Crippen molar-refractivity contribution in [2.75, 3.05) is 13.1 Å².